The van der Waals surface area contributed by atoms with Gasteiger partial charge in [-0.05, 0) is 30.5 Å². The summed E-state index contributed by atoms with van der Waals surface area (Å²) in [7, 11) is 0. The molecule has 0 saturated heterocycles. The van der Waals surface area contributed by atoms with E-state index in [4.69, 9.17) is 0 Å². The zero-order valence-corrected chi connectivity index (χ0v) is 15.0. The third kappa shape index (κ3) is 4.66. The quantitative estimate of drug-likeness (QED) is 0.715. The molecule has 0 saturated carbocycles. The molecule has 0 aliphatic carbocycles. The molecule has 0 aliphatic rings. The number of hydrogen-bond acceptors (Lipinski definition) is 4. The molecular formula is C21H22N4O. The number of anilines is 1. The maximum atomic E-state index is 12.2. The Morgan fingerprint density at radius 2 is 1.69 bits per heavy atom. The maximum Gasteiger partial charge on any atom is 0.271 e. The van der Waals surface area contributed by atoms with Crippen LogP contribution in [0.3, 0.4) is 0 Å². The summed E-state index contributed by atoms with van der Waals surface area (Å²) >= 11 is 0. The van der Waals surface area contributed by atoms with Crippen molar-refractivity contribution >= 4 is 11.7 Å². The van der Waals surface area contributed by atoms with Crippen LogP contribution in [0.5, 0.6) is 0 Å². The van der Waals surface area contributed by atoms with Crippen LogP contribution in [0, 0.1) is 13.8 Å². The lowest BCUT2D eigenvalue weighted by Gasteiger charge is -2.08. The molecule has 0 bridgehead atoms. The number of aromatic nitrogens is 2. The molecule has 0 radical (unpaired) electrons. The van der Waals surface area contributed by atoms with Gasteiger partial charge in [-0.1, -0.05) is 54.1 Å². The topological polar surface area (TPSA) is 66.9 Å². The van der Waals surface area contributed by atoms with Crippen molar-refractivity contribution in [2.75, 3.05) is 5.32 Å². The predicted molar refractivity (Wildman–Crippen MR) is 103 cm³/mol. The third-order valence-corrected chi connectivity index (χ3v) is 4.18. The second-order valence-electron chi connectivity index (χ2n) is 6.24. The van der Waals surface area contributed by atoms with Crippen LogP contribution in [0.1, 0.15) is 32.7 Å². The summed E-state index contributed by atoms with van der Waals surface area (Å²) in [6.45, 7) is 5.22. The predicted octanol–water partition coefficient (Wildman–Crippen LogP) is 3.64. The van der Waals surface area contributed by atoms with E-state index in [-0.39, 0.29) is 5.91 Å². The molecule has 2 aromatic carbocycles. The molecule has 5 nitrogen and oxygen atoms in total. The molecule has 0 atom stereocenters. The molecule has 3 aromatic rings. The molecule has 1 amide bonds. The van der Waals surface area contributed by atoms with Crippen LogP contribution in [0.15, 0.2) is 60.9 Å². The fourth-order valence-electron chi connectivity index (χ4n) is 2.51. The first-order chi connectivity index (χ1) is 12.6. The normalized spacial score (nSPS) is 10.4. The molecule has 3 rings (SSSR count). The minimum atomic E-state index is -0.231. The minimum Gasteiger partial charge on any atom is -0.365 e. The van der Waals surface area contributed by atoms with Crippen LogP contribution in [-0.2, 0) is 13.1 Å². The van der Waals surface area contributed by atoms with Crippen LogP contribution < -0.4 is 10.6 Å². The number of carbonyl (C=O) groups excluding carboxylic acids is 1. The Morgan fingerprint density at radius 3 is 2.38 bits per heavy atom. The van der Waals surface area contributed by atoms with Gasteiger partial charge in [-0.25, -0.2) is 9.97 Å². The van der Waals surface area contributed by atoms with E-state index in [0.717, 1.165) is 16.7 Å². The summed E-state index contributed by atoms with van der Waals surface area (Å²) < 4.78 is 0. The molecule has 0 aliphatic heterocycles. The highest BCUT2D eigenvalue weighted by atomic mass is 16.1. The Kier molecular flexibility index (Phi) is 5.59. The number of nitrogens with one attached hydrogen (secondary N) is 2. The second kappa shape index (κ2) is 8.25. The smallest absolute Gasteiger partial charge is 0.271 e. The minimum absolute atomic E-state index is 0.231. The Morgan fingerprint density at radius 1 is 0.923 bits per heavy atom. The molecule has 0 fully saturated rings. The van der Waals surface area contributed by atoms with Gasteiger partial charge >= 0.3 is 0 Å². The average molecular weight is 346 g/mol. The summed E-state index contributed by atoms with van der Waals surface area (Å²) in [6, 6.07) is 16.3. The van der Waals surface area contributed by atoms with Gasteiger partial charge in [0, 0.05) is 13.1 Å². The van der Waals surface area contributed by atoms with Crippen LogP contribution >= 0.6 is 0 Å². The second-order valence-corrected chi connectivity index (χ2v) is 6.24. The Labute approximate surface area is 153 Å². The van der Waals surface area contributed by atoms with Crippen molar-refractivity contribution in [1.82, 2.24) is 15.3 Å². The van der Waals surface area contributed by atoms with Crippen molar-refractivity contribution in [3.63, 3.8) is 0 Å². The number of amides is 1. The largest absolute Gasteiger partial charge is 0.365 e. The van der Waals surface area contributed by atoms with Crippen molar-refractivity contribution in [2.24, 2.45) is 0 Å². The standard InChI is InChI=1S/C21H22N4O/c1-15-7-9-17(10-8-15)11-23-20-14-22-19(13-24-20)21(26)25-12-18-6-4-3-5-16(18)2/h3-10,13-14H,11-12H2,1-2H3,(H,23,24)(H,25,26). The van der Waals surface area contributed by atoms with Gasteiger partial charge in [0.2, 0.25) is 0 Å². The van der Waals surface area contributed by atoms with Crippen LogP contribution in [-0.4, -0.2) is 15.9 Å². The Bertz CT molecular complexity index is 873. The highest BCUT2D eigenvalue weighted by Gasteiger charge is 2.08. The SMILES string of the molecule is Cc1ccc(CNc2cnc(C(=O)NCc3ccccc3C)cn2)cc1. The number of hydrogen-bond donors (Lipinski definition) is 2. The van der Waals surface area contributed by atoms with E-state index in [2.05, 4.69) is 51.8 Å². The highest BCUT2D eigenvalue weighted by molar-refractivity contribution is 5.91. The van der Waals surface area contributed by atoms with E-state index < -0.39 is 0 Å². The summed E-state index contributed by atoms with van der Waals surface area (Å²) in [6.07, 6.45) is 3.07. The van der Waals surface area contributed by atoms with E-state index in [9.17, 15) is 4.79 Å². The number of benzene rings is 2. The van der Waals surface area contributed by atoms with Crippen molar-refractivity contribution in [3.05, 3.63) is 88.9 Å². The summed E-state index contributed by atoms with van der Waals surface area (Å²) in [5.41, 5.74) is 4.94. The summed E-state index contributed by atoms with van der Waals surface area (Å²) in [4.78, 5) is 20.7. The van der Waals surface area contributed by atoms with Gasteiger partial charge in [-0.3, -0.25) is 4.79 Å². The van der Waals surface area contributed by atoms with Gasteiger partial charge in [0.05, 0.1) is 12.4 Å². The molecular weight excluding hydrogens is 324 g/mol. The van der Waals surface area contributed by atoms with Gasteiger partial charge in [0.1, 0.15) is 11.5 Å². The fraction of sp³-hybridized carbons (Fsp3) is 0.190. The van der Waals surface area contributed by atoms with E-state index in [1.807, 2.05) is 31.2 Å². The first-order valence-electron chi connectivity index (χ1n) is 8.56. The van der Waals surface area contributed by atoms with E-state index in [1.54, 1.807) is 6.20 Å². The first-order valence-corrected chi connectivity index (χ1v) is 8.56. The van der Waals surface area contributed by atoms with Gasteiger partial charge in [-0.15, -0.1) is 0 Å². The van der Waals surface area contributed by atoms with Gasteiger partial charge in [-0.2, -0.15) is 0 Å². The zero-order chi connectivity index (χ0) is 18.4. The van der Waals surface area contributed by atoms with Crippen LogP contribution in [0.2, 0.25) is 0 Å². The fourth-order valence-corrected chi connectivity index (χ4v) is 2.51. The average Bonchev–Trinajstić information content (AvgIpc) is 2.67. The van der Waals surface area contributed by atoms with Crippen molar-refractivity contribution in [2.45, 2.75) is 26.9 Å². The molecule has 132 valence electrons. The highest BCUT2D eigenvalue weighted by Crippen LogP contribution is 2.08. The Balaban J connectivity index is 1.54. The van der Waals surface area contributed by atoms with E-state index >= 15 is 0 Å². The van der Waals surface area contributed by atoms with E-state index in [0.29, 0.717) is 24.6 Å². The zero-order valence-electron chi connectivity index (χ0n) is 15.0. The maximum absolute atomic E-state index is 12.2. The van der Waals surface area contributed by atoms with Gasteiger partial charge in [0.25, 0.3) is 5.91 Å². The molecule has 2 N–H and O–H groups in total. The van der Waals surface area contributed by atoms with E-state index in [1.165, 1.54) is 11.8 Å². The monoisotopic (exact) mass is 346 g/mol. The number of carbonyl (C=O) groups is 1. The molecule has 1 aromatic heterocycles. The molecule has 0 spiro atoms. The van der Waals surface area contributed by atoms with Crippen molar-refractivity contribution in [3.8, 4) is 0 Å². The number of nitrogens with zero attached hydrogens (tertiary/aromatic N) is 2. The molecule has 0 unspecified atom stereocenters. The van der Waals surface area contributed by atoms with Crippen LogP contribution in [0.25, 0.3) is 0 Å². The lowest BCUT2D eigenvalue weighted by Crippen LogP contribution is -2.24. The molecule has 1 heterocycles. The molecule has 5 heteroatoms. The van der Waals surface area contributed by atoms with Crippen molar-refractivity contribution < 1.29 is 4.79 Å². The third-order valence-electron chi connectivity index (χ3n) is 4.18. The van der Waals surface area contributed by atoms with Crippen LogP contribution in [0.4, 0.5) is 5.82 Å². The van der Waals surface area contributed by atoms with Crippen molar-refractivity contribution in [1.29, 1.82) is 0 Å². The summed E-state index contributed by atoms with van der Waals surface area (Å²) in [5.74, 6) is 0.409. The number of aryl methyl sites for hydroxylation is 2. The molecule has 26 heavy (non-hydrogen) atoms. The lowest BCUT2D eigenvalue weighted by atomic mass is 10.1. The number of rotatable bonds is 6. The first kappa shape index (κ1) is 17.6. The Hall–Kier alpha value is -3.21. The lowest BCUT2D eigenvalue weighted by molar-refractivity contribution is 0.0945. The van der Waals surface area contributed by atoms with Gasteiger partial charge in [0.15, 0.2) is 0 Å². The summed E-state index contributed by atoms with van der Waals surface area (Å²) in [5, 5.41) is 6.08. The van der Waals surface area contributed by atoms with Gasteiger partial charge < -0.3 is 10.6 Å².